The van der Waals surface area contributed by atoms with Crippen molar-refractivity contribution in [1.82, 2.24) is 19.9 Å². The molecule has 11 nitrogen and oxygen atoms in total. The quantitative estimate of drug-likeness (QED) is 0.406. The van der Waals surface area contributed by atoms with Crippen molar-refractivity contribution in [3.05, 3.63) is 18.1 Å². The number of nitrogens with one attached hydrogen (secondary N) is 1. The fourth-order valence-electron chi connectivity index (χ4n) is 4.40. The van der Waals surface area contributed by atoms with E-state index in [0.29, 0.717) is 34.7 Å². The Morgan fingerprint density at radius 1 is 1.15 bits per heavy atom. The number of aliphatic hydroxyl groups is 3. The van der Waals surface area contributed by atoms with Gasteiger partial charge in [-0.05, 0) is 6.42 Å². The zero-order valence-corrected chi connectivity index (χ0v) is 19.0. The molecule has 4 N–H and O–H groups in total. The van der Waals surface area contributed by atoms with Crippen LogP contribution in [0.2, 0.25) is 0 Å². The SMILES string of the molecule is CCCCCCCCC(=O)NC1=NN(C)c2ncnc3c2c1cn3C1O[C@H](CO)[C@@H](O)[C@H]1O. The number of amides is 1. The molecule has 11 heteroatoms. The summed E-state index contributed by atoms with van der Waals surface area (Å²) in [5.74, 6) is 0.799. The Balaban J connectivity index is 1.55. The lowest BCUT2D eigenvalue weighted by atomic mass is 10.1. The number of hydrazone groups is 1. The van der Waals surface area contributed by atoms with Gasteiger partial charge in [-0.2, -0.15) is 5.10 Å². The Morgan fingerprint density at radius 3 is 2.64 bits per heavy atom. The number of ether oxygens (including phenoxy) is 1. The molecule has 0 bridgehead atoms. The minimum absolute atomic E-state index is 0.119. The summed E-state index contributed by atoms with van der Waals surface area (Å²) >= 11 is 0. The van der Waals surface area contributed by atoms with Gasteiger partial charge in [0.05, 0.1) is 17.6 Å². The van der Waals surface area contributed by atoms with Crippen LogP contribution in [0.5, 0.6) is 0 Å². The van der Waals surface area contributed by atoms with E-state index >= 15 is 0 Å². The van der Waals surface area contributed by atoms with E-state index in [2.05, 4.69) is 27.3 Å². The third-order valence-electron chi connectivity index (χ3n) is 6.21. The van der Waals surface area contributed by atoms with Crippen molar-refractivity contribution in [2.24, 2.45) is 5.10 Å². The van der Waals surface area contributed by atoms with Crippen LogP contribution in [0.1, 0.15) is 63.7 Å². The molecular formula is C22H32N6O5. The highest BCUT2D eigenvalue weighted by molar-refractivity contribution is 6.18. The number of anilines is 1. The molecule has 2 aliphatic rings. The van der Waals surface area contributed by atoms with E-state index in [0.717, 1.165) is 19.3 Å². The van der Waals surface area contributed by atoms with Crippen molar-refractivity contribution in [3.63, 3.8) is 0 Å². The van der Waals surface area contributed by atoms with Crippen LogP contribution in [0.15, 0.2) is 17.6 Å². The zero-order chi connectivity index (χ0) is 23.5. The predicted octanol–water partition coefficient (Wildman–Crippen LogP) is 1.02. The molecule has 2 aromatic rings. The number of carbonyl (C=O) groups excluding carboxylic acids is 1. The summed E-state index contributed by atoms with van der Waals surface area (Å²) in [6.07, 6.45) is 5.67. The summed E-state index contributed by atoms with van der Waals surface area (Å²) in [7, 11) is 1.73. The summed E-state index contributed by atoms with van der Waals surface area (Å²) in [5.41, 5.74) is 1.07. The van der Waals surface area contributed by atoms with E-state index in [-0.39, 0.29) is 5.91 Å². The van der Waals surface area contributed by atoms with Gasteiger partial charge in [-0.1, -0.05) is 39.0 Å². The molecule has 0 spiro atoms. The van der Waals surface area contributed by atoms with Gasteiger partial charge in [0, 0.05) is 19.7 Å². The number of amidine groups is 1. The first-order valence-electron chi connectivity index (χ1n) is 11.6. The van der Waals surface area contributed by atoms with Crippen LogP contribution in [-0.4, -0.2) is 73.6 Å². The van der Waals surface area contributed by atoms with Crippen molar-refractivity contribution < 1.29 is 24.9 Å². The van der Waals surface area contributed by atoms with Gasteiger partial charge in [-0.25, -0.2) is 15.0 Å². The molecule has 0 radical (unpaired) electrons. The lowest BCUT2D eigenvalue weighted by Crippen LogP contribution is -2.35. The Morgan fingerprint density at radius 2 is 1.91 bits per heavy atom. The second-order valence-corrected chi connectivity index (χ2v) is 8.61. The number of rotatable bonds is 9. The first kappa shape index (κ1) is 23.6. The van der Waals surface area contributed by atoms with Crippen LogP contribution in [0.25, 0.3) is 11.0 Å². The molecule has 1 amide bonds. The van der Waals surface area contributed by atoms with Crippen molar-refractivity contribution in [2.45, 2.75) is 76.4 Å². The smallest absolute Gasteiger partial charge is 0.225 e. The van der Waals surface area contributed by atoms with Gasteiger partial charge in [0.15, 0.2) is 17.9 Å². The van der Waals surface area contributed by atoms with Gasteiger partial charge in [-0.3, -0.25) is 4.79 Å². The Kier molecular flexibility index (Phi) is 7.23. The van der Waals surface area contributed by atoms with E-state index in [1.807, 2.05) is 0 Å². The highest BCUT2D eigenvalue weighted by atomic mass is 16.6. The van der Waals surface area contributed by atoms with Crippen LogP contribution < -0.4 is 10.3 Å². The standard InChI is InChI=1S/C22H32N6O5/c1-3-4-5-6-7-8-9-15(30)25-19-13-10-28(22-18(32)17(31)14(11-29)33-22)21-16(13)20(23-12-24-21)27(2)26-19/h10,12,14,17-18,22,29,31-32H,3-9,11H2,1-2H3,(H,25,26,30)/t14-,17-,18-,22?/m1/s1. The van der Waals surface area contributed by atoms with Gasteiger partial charge in [-0.15, -0.1) is 0 Å². The molecule has 4 atom stereocenters. The monoisotopic (exact) mass is 460 g/mol. The van der Waals surface area contributed by atoms with E-state index in [4.69, 9.17) is 4.74 Å². The molecule has 1 unspecified atom stereocenters. The average molecular weight is 461 g/mol. The number of hydrogen-bond acceptors (Lipinski definition) is 9. The number of aliphatic hydroxyl groups excluding tert-OH is 3. The van der Waals surface area contributed by atoms with Gasteiger partial charge in [0.1, 0.15) is 30.3 Å². The van der Waals surface area contributed by atoms with Crippen LogP contribution in [0.3, 0.4) is 0 Å². The van der Waals surface area contributed by atoms with Crippen LogP contribution >= 0.6 is 0 Å². The van der Waals surface area contributed by atoms with Gasteiger partial charge in [0.2, 0.25) is 5.91 Å². The molecule has 33 heavy (non-hydrogen) atoms. The second-order valence-electron chi connectivity index (χ2n) is 8.61. The fraction of sp³-hybridized carbons (Fsp3) is 0.636. The summed E-state index contributed by atoms with van der Waals surface area (Å²) in [6.45, 7) is 1.75. The minimum atomic E-state index is -1.26. The highest BCUT2D eigenvalue weighted by Crippen LogP contribution is 2.37. The third-order valence-corrected chi connectivity index (χ3v) is 6.21. The second kappa shape index (κ2) is 10.1. The largest absolute Gasteiger partial charge is 0.394 e. The normalized spacial score (nSPS) is 24.4. The molecule has 0 saturated carbocycles. The van der Waals surface area contributed by atoms with E-state index < -0.39 is 31.1 Å². The topological polar surface area (TPSA) is 145 Å². The van der Waals surface area contributed by atoms with E-state index in [1.165, 1.54) is 25.6 Å². The molecule has 2 aliphatic heterocycles. The number of unbranched alkanes of at least 4 members (excludes halogenated alkanes) is 5. The van der Waals surface area contributed by atoms with Gasteiger partial charge >= 0.3 is 0 Å². The predicted molar refractivity (Wildman–Crippen MR) is 122 cm³/mol. The highest BCUT2D eigenvalue weighted by Gasteiger charge is 2.44. The van der Waals surface area contributed by atoms with Crippen molar-refractivity contribution >= 4 is 28.6 Å². The Labute approximate surface area is 192 Å². The molecule has 0 aromatic carbocycles. The summed E-state index contributed by atoms with van der Waals surface area (Å²) in [6, 6.07) is 0. The van der Waals surface area contributed by atoms with Crippen LogP contribution in [0, 0.1) is 0 Å². The molecular weight excluding hydrogens is 428 g/mol. The minimum Gasteiger partial charge on any atom is -0.394 e. The number of aromatic nitrogens is 3. The van der Waals surface area contributed by atoms with E-state index in [9.17, 15) is 20.1 Å². The molecule has 1 saturated heterocycles. The maximum Gasteiger partial charge on any atom is 0.225 e. The lowest BCUT2D eigenvalue weighted by molar-refractivity contribution is -0.119. The Hall–Kier alpha value is -2.60. The number of nitrogens with zero attached hydrogens (tertiary/aromatic N) is 5. The maximum atomic E-state index is 12.6. The molecule has 4 heterocycles. The Bertz CT molecular complexity index is 1020. The fourth-order valence-corrected chi connectivity index (χ4v) is 4.40. The summed E-state index contributed by atoms with van der Waals surface area (Å²) < 4.78 is 7.29. The van der Waals surface area contributed by atoms with E-state index in [1.54, 1.807) is 22.8 Å². The van der Waals surface area contributed by atoms with Gasteiger partial charge in [0.25, 0.3) is 0 Å². The first-order chi connectivity index (χ1) is 16.0. The first-order valence-corrected chi connectivity index (χ1v) is 11.6. The van der Waals surface area contributed by atoms with Crippen molar-refractivity contribution in [2.75, 3.05) is 18.7 Å². The summed E-state index contributed by atoms with van der Waals surface area (Å²) in [5, 5.41) is 39.8. The zero-order valence-electron chi connectivity index (χ0n) is 19.0. The van der Waals surface area contributed by atoms with Crippen molar-refractivity contribution in [1.29, 1.82) is 0 Å². The van der Waals surface area contributed by atoms with Crippen LogP contribution in [0.4, 0.5) is 5.82 Å². The third kappa shape index (κ3) is 4.58. The summed E-state index contributed by atoms with van der Waals surface area (Å²) in [4.78, 5) is 21.3. The molecule has 180 valence electrons. The van der Waals surface area contributed by atoms with Crippen LogP contribution in [-0.2, 0) is 9.53 Å². The van der Waals surface area contributed by atoms with Crippen molar-refractivity contribution in [3.8, 4) is 0 Å². The molecule has 0 aliphatic carbocycles. The molecule has 4 rings (SSSR count). The molecule has 1 fully saturated rings. The van der Waals surface area contributed by atoms with Gasteiger partial charge < -0.3 is 29.9 Å². The number of carbonyl (C=O) groups is 1. The maximum absolute atomic E-state index is 12.6. The average Bonchev–Trinajstić information content (AvgIpc) is 3.32. The number of hydrogen-bond donors (Lipinski definition) is 4. The lowest BCUT2D eigenvalue weighted by Gasteiger charge is -2.21. The molecule has 2 aromatic heterocycles.